The zero-order chi connectivity index (χ0) is 16.2. The fourth-order valence-electron chi connectivity index (χ4n) is 1.92. The van der Waals surface area contributed by atoms with Gasteiger partial charge in [0.1, 0.15) is 4.34 Å². The second kappa shape index (κ2) is 7.73. The molecule has 2 aromatic heterocycles. The molecule has 2 nitrogen and oxygen atoms in total. The van der Waals surface area contributed by atoms with E-state index in [1.54, 1.807) is 29.2 Å². The van der Waals surface area contributed by atoms with Gasteiger partial charge in [-0.1, -0.05) is 35.3 Å². The standard InChI is InChI=1S/C16H11Cl2NOS3/c17-14-7-11(15(18)23-14)16(20)19-12-3-1-2-4-13(12)22-9-10-5-6-21-8-10/h1-8H,9H2,(H,19,20). The molecule has 2 heterocycles. The third-order valence-corrected chi connectivity index (χ3v) is 6.38. The van der Waals surface area contributed by atoms with Crippen LogP contribution in [-0.4, -0.2) is 5.91 Å². The number of carbonyl (C=O) groups excluding carboxylic acids is 1. The summed E-state index contributed by atoms with van der Waals surface area (Å²) in [5, 5.41) is 7.11. The lowest BCUT2D eigenvalue weighted by Crippen LogP contribution is -2.12. The molecule has 23 heavy (non-hydrogen) atoms. The predicted octanol–water partition coefficient (Wildman–Crippen LogP) is 6.66. The molecule has 0 unspecified atom stereocenters. The lowest BCUT2D eigenvalue weighted by Gasteiger charge is -2.10. The molecule has 0 bridgehead atoms. The van der Waals surface area contributed by atoms with E-state index in [1.807, 2.05) is 24.3 Å². The van der Waals surface area contributed by atoms with Crippen LogP contribution in [0, 0.1) is 0 Å². The van der Waals surface area contributed by atoms with Crippen LogP contribution in [0.1, 0.15) is 15.9 Å². The molecule has 1 amide bonds. The number of para-hydroxylation sites is 1. The van der Waals surface area contributed by atoms with Gasteiger partial charge >= 0.3 is 0 Å². The van der Waals surface area contributed by atoms with E-state index in [4.69, 9.17) is 23.2 Å². The first-order chi connectivity index (χ1) is 11.1. The molecule has 0 atom stereocenters. The van der Waals surface area contributed by atoms with Crippen molar-refractivity contribution in [3.63, 3.8) is 0 Å². The molecule has 0 radical (unpaired) electrons. The number of hydrogen-bond acceptors (Lipinski definition) is 4. The Morgan fingerprint density at radius 1 is 1.22 bits per heavy atom. The topological polar surface area (TPSA) is 29.1 Å². The van der Waals surface area contributed by atoms with Gasteiger partial charge in [-0.2, -0.15) is 11.3 Å². The summed E-state index contributed by atoms with van der Waals surface area (Å²) in [6.07, 6.45) is 0. The Balaban J connectivity index is 1.75. The maximum Gasteiger partial charge on any atom is 0.258 e. The van der Waals surface area contributed by atoms with Gasteiger partial charge in [0, 0.05) is 10.6 Å². The lowest BCUT2D eigenvalue weighted by atomic mass is 10.3. The van der Waals surface area contributed by atoms with E-state index >= 15 is 0 Å². The van der Waals surface area contributed by atoms with Crippen molar-refractivity contribution in [2.45, 2.75) is 10.6 Å². The van der Waals surface area contributed by atoms with Gasteiger partial charge in [0.25, 0.3) is 5.91 Å². The first-order valence-corrected chi connectivity index (χ1v) is 10.1. The third kappa shape index (κ3) is 4.31. The van der Waals surface area contributed by atoms with Crippen molar-refractivity contribution in [3.8, 4) is 0 Å². The average molecular weight is 400 g/mol. The molecular weight excluding hydrogens is 389 g/mol. The highest BCUT2D eigenvalue weighted by Gasteiger charge is 2.15. The maximum atomic E-state index is 12.4. The fraction of sp³-hybridized carbons (Fsp3) is 0.0625. The third-order valence-electron chi connectivity index (χ3n) is 3.01. The van der Waals surface area contributed by atoms with Gasteiger partial charge in [-0.15, -0.1) is 23.1 Å². The van der Waals surface area contributed by atoms with Crippen molar-refractivity contribution in [1.82, 2.24) is 0 Å². The van der Waals surface area contributed by atoms with E-state index in [-0.39, 0.29) is 5.91 Å². The smallest absolute Gasteiger partial charge is 0.258 e. The Kier molecular flexibility index (Phi) is 5.67. The van der Waals surface area contributed by atoms with Gasteiger partial charge in [-0.05, 0) is 40.6 Å². The molecule has 7 heteroatoms. The van der Waals surface area contributed by atoms with Gasteiger partial charge in [0.2, 0.25) is 0 Å². The minimum atomic E-state index is -0.248. The SMILES string of the molecule is O=C(Nc1ccccc1SCc1ccsc1)c1cc(Cl)sc1Cl. The summed E-state index contributed by atoms with van der Waals surface area (Å²) < 4.78 is 0.899. The van der Waals surface area contributed by atoms with Crippen LogP contribution in [0.25, 0.3) is 0 Å². The second-order valence-electron chi connectivity index (χ2n) is 4.61. The number of nitrogens with one attached hydrogen (secondary N) is 1. The van der Waals surface area contributed by atoms with Gasteiger partial charge < -0.3 is 5.32 Å². The van der Waals surface area contributed by atoms with E-state index in [0.717, 1.165) is 16.3 Å². The van der Waals surface area contributed by atoms with Crippen LogP contribution in [0.3, 0.4) is 0 Å². The van der Waals surface area contributed by atoms with E-state index in [2.05, 4.69) is 22.1 Å². The Morgan fingerprint density at radius 3 is 2.74 bits per heavy atom. The number of rotatable bonds is 5. The maximum absolute atomic E-state index is 12.4. The zero-order valence-corrected chi connectivity index (χ0v) is 15.7. The quantitative estimate of drug-likeness (QED) is 0.485. The Morgan fingerprint density at radius 2 is 2.04 bits per heavy atom. The lowest BCUT2D eigenvalue weighted by molar-refractivity contribution is 0.102. The van der Waals surface area contributed by atoms with Crippen molar-refractivity contribution in [2.75, 3.05) is 5.32 Å². The molecule has 0 fully saturated rings. The minimum Gasteiger partial charge on any atom is -0.321 e. The summed E-state index contributed by atoms with van der Waals surface area (Å²) in [6.45, 7) is 0. The average Bonchev–Trinajstić information content (AvgIpc) is 3.15. The fourth-order valence-corrected chi connectivity index (χ4v) is 5.10. The van der Waals surface area contributed by atoms with Crippen LogP contribution >= 0.6 is 57.6 Å². The molecule has 0 aliphatic carbocycles. The molecule has 1 N–H and O–H groups in total. The summed E-state index contributed by atoms with van der Waals surface area (Å²) in [4.78, 5) is 13.4. The van der Waals surface area contributed by atoms with Crippen molar-refractivity contribution < 1.29 is 4.79 Å². The number of carbonyl (C=O) groups is 1. The van der Waals surface area contributed by atoms with Gasteiger partial charge in [-0.3, -0.25) is 4.79 Å². The highest BCUT2D eigenvalue weighted by atomic mass is 35.5. The molecule has 118 valence electrons. The van der Waals surface area contributed by atoms with Crippen LogP contribution < -0.4 is 5.32 Å². The van der Waals surface area contributed by atoms with E-state index in [1.165, 1.54) is 16.9 Å². The molecule has 0 aliphatic heterocycles. The number of hydrogen-bond donors (Lipinski definition) is 1. The van der Waals surface area contributed by atoms with E-state index < -0.39 is 0 Å². The van der Waals surface area contributed by atoms with Gasteiger partial charge in [0.15, 0.2) is 0 Å². The molecule has 3 aromatic rings. The summed E-state index contributed by atoms with van der Waals surface area (Å²) in [5.74, 6) is 0.614. The summed E-state index contributed by atoms with van der Waals surface area (Å²) in [6, 6.07) is 11.4. The van der Waals surface area contributed by atoms with E-state index in [9.17, 15) is 4.79 Å². The van der Waals surface area contributed by atoms with Crippen molar-refractivity contribution in [3.05, 3.63) is 67.0 Å². The molecule has 1 aromatic carbocycles. The zero-order valence-electron chi connectivity index (χ0n) is 11.7. The molecular formula is C16H11Cl2NOS3. The number of amides is 1. The van der Waals surface area contributed by atoms with E-state index in [0.29, 0.717) is 14.2 Å². The molecule has 3 rings (SSSR count). The van der Waals surface area contributed by atoms with Crippen LogP contribution in [0.5, 0.6) is 0 Å². The summed E-state index contributed by atoms with van der Waals surface area (Å²) >= 11 is 16.5. The highest BCUT2D eigenvalue weighted by Crippen LogP contribution is 2.34. The Bertz CT molecular complexity index is 815. The highest BCUT2D eigenvalue weighted by molar-refractivity contribution is 7.98. The van der Waals surface area contributed by atoms with Crippen LogP contribution in [0.2, 0.25) is 8.67 Å². The monoisotopic (exact) mass is 399 g/mol. The Labute approximate surface area is 156 Å². The number of anilines is 1. The largest absolute Gasteiger partial charge is 0.321 e. The molecule has 0 saturated heterocycles. The van der Waals surface area contributed by atoms with Gasteiger partial charge in [0.05, 0.1) is 15.6 Å². The number of thioether (sulfide) groups is 1. The van der Waals surface area contributed by atoms with Crippen molar-refractivity contribution in [2.24, 2.45) is 0 Å². The van der Waals surface area contributed by atoms with Crippen molar-refractivity contribution >= 4 is 69.2 Å². The second-order valence-corrected chi connectivity index (χ2v) is 8.69. The Hall–Kier alpha value is -0.980. The first kappa shape index (κ1) is 16.9. The normalized spacial score (nSPS) is 10.7. The summed E-state index contributed by atoms with van der Waals surface area (Å²) in [5.41, 5.74) is 2.45. The van der Waals surface area contributed by atoms with Crippen LogP contribution in [-0.2, 0) is 5.75 Å². The minimum absolute atomic E-state index is 0.248. The first-order valence-electron chi connectivity index (χ1n) is 6.62. The van der Waals surface area contributed by atoms with Crippen LogP contribution in [0.15, 0.2) is 52.1 Å². The van der Waals surface area contributed by atoms with Crippen molar-refractivity contribution in [1.29, 1.82) is 0 Å². The predicted molar refractivity (Wildman–Crippen MR) is 103 cm³/mol. The molecule has 0 saturated carbocycles. The summed E-state index contributed by atoms with van der Waals surface area (Å²) in [7, 11) is 0. The van der Waals surface area contributed by atoms with Crippen LogP contribution in [0.4, 0.5) is 5.69 Å². The number of halogens is 2. The molecule has 0 aliphatic rings. The number of benzene rings is 1. The van der Waals surface area contributed by atoms with Gasteiger partial charge in [-0.25, -0.2) is 0 Å². The number of thiophene rings is 2. The molecule has 0 spiro atoms.